The number of sulfonamides is 1. The molecular weight excluding hydrogens is 332 g/mol. The van der Waals surface area contributed by atoms with E-state index in [2.05, 4.69) is 6.92 Å². The minimum Gasteiger partial charge on any atom is -0.340 e. The number of nitrogens with zero attached hydrogens (tertiary/aromatic N) is 2. The van der Waals surface area contributed by atoms with Crippen LogP contribution in [0.3, 0.4) is 0 Å². The summed E-state index contributed by atoms with van der Waals surface area (Å²) >= 11 is 6.87. The number of hydrogen-bond acceptors (Lipinski definition) is 4. The van der Waals surface area contributed by atoms with E-state index < -0.39 is 10.0 Å². The molecule has 116 valence electrons. The predicted octanol–water partition coefficient (Wildman–Crippen LogP) is 1.89. The van der Waals surface area contributed by atoms with Gasteiger partial charge in [-0.25, -0.2) is 8.42 Å². The Hall–Kier alpha value is -0.630. The Kier molecular flexibility index (Phi) is 4.02. The molecule has 1 aliphatic carbocycles. The van der Waals surface area contributed by atoms with E-state index in [0.29, 0.717) is 36.4 Å². The van der Waals surface area contributed by atoms with Crippen LogP contribution in [0.5, 0.6) is 0 Å². The normalized spacial score (nSPS) is 26.9. The molecule has 2 atom stereocenters. The number of hydrogen-bond donors (Lipinski definition) is 0. The molecule has 21 heavy (non-hydrogen) atoms. The second kappa shape index (κ2) is 5.53. The van der Waals surface area contributed by atoms with Crippen molar-refractivity contribution in [3.63, 3.8) is 0 Å². The highest BCUT2D eigenvalue weighted by atomic mass is 35.5. The lowest BCUT2D eigenvalue weighted by molar-refractivity contribution is -0.134. The van der Waals surface area contributed by atoms with Crippen LogP contribution in [-0.4, -0.2) is 49.7 Å². The van der Waals surface area contributed by atoms with E-state index in [1.54, 1.807) is 11.0 Å². The van der Waals surface area contributed by atoms with Crippen LogP contribution in [0.25, 0.3) is 0 Å². The van der Waals surface area contributed by atoms with Crippen molar-refractivity contribution in [2.24, 2.45) is 11.8 Å². The molecule has 1 aliphatic heterocycles. The Labute approximate surface area is 133 Å². The molecule has 0 N–H and O–H groups in total. The Bertz CT molecular complexity index is 650. The van der Waals surface area contributed by atoms with Crippen molar-refractivity contribution in [2.75, 3.05) is 26.2 Å². The average molecular weight is 349 g/mol. The zero-order valence-corrected chi connectivity index (χ0v) is 14.0. The zero-order valence-electron chi connectivity index (χ0n) is 11.7. The van der Waals surface area contributed by atoms with Gasteiger partial charge in [0.15, 0.2) is 0 Å². The molecule has 3 rings (SSSR count). The van der Waals surface area contributed by atoms with E-state index in [4.69, 9.17) is 11.6 Å². The fourth-order valence-corrected chi connectivity index (χ4v) is 5.67. The number of rotatable bonds is 3. The number of halogens is 1. The first-order valence-corrected chi connectivity index (χ1v) is 9.57. The Morgan fingerprint density at radius 1 is 1.29 bits per heavy atom. The number of thiophene rings is 1. The van der Waals surface area contributed by atoms with Gasteiger partial charge in [-0.1, -0.05) is 18.5 Å². The molecule has 1 saturated heterocycles. The van der Waals surface area contributed by atoms with Crippen LogP contribution in [0, 0.1) is 11.8 Å². The van der Waals surface area contributed by atoms with Crippen molar-refractivity contribution in [1.29, 1.82) is 0 Å². The van der Waals surface area contributed by atoms with E-state index in [-0.39, 0.29) is 16.0 Å². The maximum Gasteiger partial charge on any atom is 0.252 e. The summed E-state index contributed by atoms with van der Waals surface area (Å²) in [5, 5.41) is 0. The third-order valence-corrected chi connectivity index (χ3v) is 7.72. The van der Waals surface area contributed by atoms with E-state index >= 15 is 0 Å². The maximum atomic E-state index is 12.4. The molecule has 0 unspecified atom stereocenters. The fourth-order valence-electron chi connectivity index (χ4n) is 2.61. The standard InChI is InChI=1S/C13H17ClN2O3S2/c1-9-8-10(9)13(17)15-4-6-16(7-5-15)21(18,19)12-3-2-11(14)20-12/h2-3,9-10H,4-8H2,1H3/t9-,10-/m0/s1. The number of carbonyl (C=O) groups is 1. The minimum absolute atomic E-state index is 0.157. The van der Waals surface area contributed by atoms with Crippen LogP contribution in [0.4, 0.5) is 0 Å². The van der Waals surface area contributed by atoms with Crippen LogP contribution >= 0.6 is 22.9 Å². The van der Waals surface area contributed by atoms with Gasteiger partial charge in [0.25, 0.3) is 10.0 Å². The highest BCUT2D eigenvalue weighted by molar-refractivity contribution is 7.91. The van der Waals surface area contributed by atoms with Crippen LogP contribution in [-0.2, 0) is 14.8 Å². The molecule has 8 heteroatoms. The van der Waals surface area contributed by atoms with Gasteiger partial charge in [-0.3, -0.25) is 4.79 Å². The summed E-state index contributed by atoms with van der Waals surface area (Å²) in [6, 6.07) is 3.12. The molecule has 2 aliphatic rings. The number of piperazine rings is 1. The molecule has 0 spiro atoms. The van der Waals surface area contributed by atoms with Gasteiger partial charge in [0.1, 0.15) is 4.21 Å². The first kappa shape index (κ1) is 15.3. The van der Waals surface area contributed by atoms with Crippen molar-refractivity contribution in [3.8, 4) is 0 Å². The molecule has 2 heterocycles. The van der Waals surface area contributed by atoms with Gasteiger partial charge in [-0.05, 0) is 24.5 Å². The summed E-state index contributed by atoms with van der Waals surface area (Å²) in [7, 11) is -3.48. The first-order valence-electron chi connectivity index (χ1n) is 6.94. The topological polar surface area (TPSA) is 57.7 Å². The molecule has 0 aromatic carbocycles. The van der Waals surface area contributed by atoms with Crippen LogP contribution in [0.15, 0.2) is 16.3 Å². The van der Waals surface area contributed by atoms with Crippen molar-refractivity contribution < 1.29 is 13.2 Å². The summed E-state index contributed by atoms with van der Waals surface area (Å²) in [5.41, 5.74) is 0. The van der Waals surface area contributed by atoms with Crippen LogP contribution in [0.1, 0.15) is 13.3 Å². The first-order chi connectivity index (χ1) is 9.89. The molecule has 1 amide bonds. The van der Waals surface area contributed by atoms with Crippen molar-refractivity contribution >= 4 is 38.9 Å². The second-order valence-electron chi connectivity index (χ2n) is 5.61. The van der Waals surface area contributed by atoms with Gasteiger partial charge in [-0.2, -0.15) is 4.31 Å². The smallest absolute Gasteiger partial charge is 0.252 e. The lowest BCUT2D eigenvalue weighted by Gasteiger charge is -2.33. The van der Waals surface area contributed by atoms with E-state index in [0.717, 1.165) is 17.8 Å². The maximum absolute atomic E-state index is 12.4. The number of carbonyl (C=O) groups excluding carboxylic acids is 1. The number of amides is 1. The van der Waals surface area contributed by atoms with Gasteiger partial charge < -0.3 is 4.90 Å². The summed E-state index contributed by atoms with van der Waals surface area (Å²) in [4.78, 5) is 13.9. The van der Waals surface area contributed by atoms with Gasteiger partial charge >= 0.3 is 0 Å². The lowest BCUT2D eigenvalue weighted by atomic mass is 10.2. The highest BCUT2D eigenvalue weighted by Gasteiger charge is 2.42. The van der Waals surface area contributed by atoms with E-state index in [1.165, 1.54) is 10.4 Å². The molecule has 5 nitrogen and oxygen atoms in total. The molecule has 1 saturated carbocycles. The van der Waals surface area contributed by atoms with Gasteiger partial charge in [0.2, 0.25) is 5.91 Å². The Morgan fingerprint density at radius 2 is 1.90 bits per heavy atom. The zero-order chi connectivity index (χ0) is 15.2. The second-order valence-corrected chi connectivity index (χ2v) is 9.49. The minimum atomic E-state index is -3.48. The fraction of sp³-hybridized carbons (Fsp3) is 0.615. The quantitative estimate of drug-likeness (QED) is 0.838. The van der Waals surface area contributed by atoms with Crippen molar-refractivity contribution in [1.82, 2.24) is 9.21 Å². The predicted molar refractivity (Wildman–Crippen MR) is 81.9 cm³/mol. The van der Waals surface area contributed by atoms with Crippen LogP contribution in [0.2, 0.25) is 4.34 Å². The summed E-state index contributed by atoms with van der Waals surface area (Å²) < 4.78 is 27.1. The molecule has 1 aromatic heterocycles. The average Bonchev–Trinajstić information content (AvgIpc) is 3.02. The van der Waals surface area contributed by atoms with Gasteiger partial charge in [0, 0.05) is 32.1 Å². The molecular formula is C13H17ClN2O3S2. The van der Waals surface area contributed by atoms with Crippen LogP contribution < -0.4 is 0 Å². The lowest BCUT2D eigenvalue weighted by Crippen LogP contribution is -2.50. The van der Waals surface area contributed by atoms with Gasteiger partial charge in [-0.15, -0.1) is 11.3 Å². The summed E-state index contributed by atoms with van der Waals surface area (Å²) in [5.74, 6) is 0.815. The third-order valence-electron chi connectivity index (χ3n) is 4.12. The van der Waals surface area contributed by atoms with E-state index in [9.17, 15) is 13.2 Å². The highest BCUT2D eigenvalue weighted by Crippen LogP contribution is 2.39. The Balaban J connectivity index is 1.64. The third kappa shape index (κ3) is 2.97. The Morgan fingerprint density at radius 3 is 2.38 bits per heavy atom. The molecule has 0 bridgehead atoms. The monoisotopic (exact) mass is 348 g/mol. The molecule has 0 radical (unpaired) electrons. The molecule has 1 aromatic rings. The largest absolute Gasteiger partial charge is 0.340 e. The van der Waals surface area contributed by atoms with E-state index in [1.807, 2.05) is 0 Å². The molecule has 2 fully saturated rings. The van der Waals surface area contributed by atoms with Gasteiger partial charge in [0.05, 0.1) is 4.34 Å². The SMILES string of the molecule is C[C@H]1C[C@@H]1C(=O)N1CCN(S(=O)(=O)c2ccc(Cl)s2)CC1. The summed E-state index contributed by atoms with van der Waals surface area (Å²) in [6.45, 7) is 3.72. The van der Waals surface area contributed by atoms with Crippen molar-refractivity contribution in [3.05, 3.63) is 16.5 Å². The van der Waals surface area contributed by atoms with Crippen molar-refractivity contribution in [2.45, 2.75) is 17.6 Å². The summed E-state index contributed by atoms with van der Waals surface area (Å²) in [6.07, 6.45) is 0.963.